The molecule has 0 radical (unpaired) electrons. The third kappa shape index (κ3) is 3.85. The lowest BCUT2D eigenvalue weighted by Gasteiger charge is -2.42. The van der Waals surface area contributed by atoms with Gasteiger partial charge in [-0.2, -0.15) is 0 Å². The van der Waals surface area contributed by atoms with E-state index in [1.54, 1.807) is 0 Å². The molecule has 156 valence electrons. The van der Waals surface area contributed by atoms with Crippen molar-refractivity contribution < 1.29 is 0 Å². The standard InChI is InChI=1S/C30H36/c1-28(2,3)25-18-23(21-11-9-8-10-12-21)17-24(19-25)22-13-14-26-27(20-22)30(6,7)16-15-29(26,4)5/h8-14,17-20H,15-16H2,1-7H3. The summed E-state index contributed by atoms with van der Waals surface area (Å²) in [6.45, 7) is 16.5. The second-order valence-electron chi connectivity index (χ2n) is 11.4. The molecule has 0 aromatic heterocycles. The van der Waals surface area contributed by atoms with Gasteiger partial charge in [0.2, 0.25) is 0 Å². The zero-order chi connectivity index (χ0) is 21.7. The van der Waals surface area contributed by atoms with E-state index < -0.39 is 0 Å². The highest BCUT2D eigenvalue weighted by Gasteiger charge is 2.37. The van der Waals surface area contributed by atoms with E-state index >= 15 is 0 Å². The van der Waals surface area contributed by atoms with Gasteiger partial charge in [0, 0.05) is 0 Å². The first-order valence-electron chi connectivity index (χ1n) is 11.3. The molecule has 0 nitrogen and oxygen atoms in total. The summed E-state index contributed by atoms with van der Waals surface area (Å²) >= 11 is 0. The minimum absolute atomic E-state index is 0.106. The Hall–Kier alpha value is -2.34. The predicted octanol–water partition coefficient (Wildman–Crippen LogP) is 8.67. The molecule has 0 spiro atoms. The molecule has 0 unspecified atom stereocenters. The smallest absolute Gasteiger partial charge is 0.0100 e. The summed E-state index contributed by atoms with van der Waals surface area (Å²) in [7, 11) is 0. The third-order valence-corrected chi connectivity index (χ3v) is 7.09. The minimum Gasteiger partial charge on any atom is -0.0622 e. The van der Waals surface area contributed by atoms with Gasteiger partial charge in [-0.05, 0) is 74.1 Å². The fraction of sp³-hybridized carbons (Fsp3) is 0.400. The summed E-state index contributed by atoms with van der Waals surface area (Å²) in [6, 6.07) is 25.1. The second kappa shape index (κ2) is 7.12. The molecule has 1 aliphatic rings. The van der Waals surface area contributed by atoms with E-state index in [1.807, 2.05) is 0 Å². The summed E-state index contributed by atoms with van der Waals surface area (Å²) in [5.74, 6) is 0. The molecule has 30 heavy (non-hydrogen) atoms. The SMILES string of the molecule is CC(C)(C)c1cc(-c2ccccc2)cc(-c2ccc3c(c2)C(C)(C)CCC3(C)C)c1. The van der Waals surface area contributed by atoms with Crippen LogP contribution in [0.3, 0.4) is 0 Å². The van der Waals surface area contributed by atoms with E-state index in [4.69, 9.17) is 0 Å². The van der Waals surface area contributed by atoms with Crippen LogP contribution in [0.5, 0.6) is 0 Å². The summed E-state index contributed by atoms with van der Waals surface area (Å²) in [4.78, 5) is 0. The molecular weight excluding hydrogens is 360 g/mol. The van der Waals surface area contributed by atoms with Crippen molar-refractivity contribution in [3.63, 3.8) is 0 Å². The predicted molar refractivity (Wildman–Crippen MR) is 131 cm³/mol. The Balaban J connectivity index is 1.91. The van der Waals surface area contributed by atoms with Crippen molar-refractivity contribution in [2.24, 2.45) is 0 Å². The summed E-state index contributed by atoms with van der Waals surface area (Å²) in [6.07, 6.45) is 2.50. The van der Waals surface area contributed by atoms with E-state index in [0.717, 1.165) is 0 Å². The van der Waals surface area contributed by atoms with Crippen molar-refractivity contribution >= 4 is 0 Å². The van der Waals surface area contributed by atoms with Gasteiger partial charge in [0.1, 0.15) is 0 Å². The van der Waals surface area contributed by atoms with Gasteiger partial charge in [-0.1, -0.05) is 109 Å². The molecule has 1 aliphatic carbocycles. The highest BCUT2D eigenvalue weighted by molar-refractivity contribution is 5.75. The van der Waals surface area contributed by atoms with E-state index in [9.17, 15) is 0 Å². The summed E-state index contributed by atoms with van der Waals surface area (Å²) in [5, 5.41) is 0. The molecule has 0 bridgehead atoms. The van der Waals surface area contributed by atoms with E-state index in [0.29, 0.717) is 0 Å². The fourth-order valence-electron chi connectivity index (χ4n) is 4.79. The van der Waals surface area contributed by atoms with Crippen LogP contribution >= 0.6 is 0 Å². The Morgan fingerprint density at radius 2 is 1.13 bits per heavy atom. The van der Waals surface area contributed by atoms with Gasteiger partial charge >= 0.3 is 0 Å². The van der Waals surface area contributed by atoms with Crippen molar-refractivity contribution in [1.82, 2.24) is 0 Å². The van der Waals surface area contributed by atoms with Gasteiger partial charge in [0.25, 0.3) is 0 Å². The van der Waals surface area contributed by atoms with Gasteiger partial charge < -0.3 is 0 Å². The first kappa shape index (κ1) is 20.9. The molecule has 4 rings (SSSR count). The fourth-order valence-corrected chi connectivity index (χ4v) is 4.79. The van der Waals surface area contributed by atoms with Crippen LogP contribution in [-0.2, 0) is 16.2 Å². The van der Waals surface area contributed by atoms with Crippen LogP contribution in [0.4, 0.5) is 0 Å². The molecule has 0 fully saturated rings. The number of hydrogen-bond donors (Lipinski definition) is 0. The molecule has 3 aromatic carbocycles. The first-order valence-corrected chi connectivity index (χ1v) is 11.3. The van der Waals surface area contributed by atoms with Crippen LogP contribution in [0.2, 0.25) is 0 Å². The molecule has 0 aliphatic heterocycles. The number of benzene rings is 3. The summed E-state index contributed by atoms with van der Waals surface area (Å²) < 4.78 is 0. The zero-order valence-corrected chi connectivity index (χ0v) is 19.8. The third-order valence-electron chi connectivity index (χ3n) is 7.09. The van der Waals surface area contributed by atoms with Crippen molar-refractivity contribution in [2.45, 2.75) is 77.6 Å². The lowest BCUT2D eigenvalue weighted by Crippen LogP contribution is -2.33. The second-order valence-corrected chi connectivity index (χ2v) is 11.4. The van der Waals surface area contributed by atoms with E-state index in [1.165, 1.54) is 51.8 Å². The number of fused-ring (bicyclic) bond motifs is 1. The maximum absolute atomic E-state index is 2.48. The van der Waals surface area contributed by atoms with Crippen LogP contribution in [-0.4, -0.2) is 0 Å². The maximum atomic E-state index is 2.48. The summed E-state index contributed by atoms with van der Waals surface area (Å²) in [5.41, 5.74) is 10.3. The number of rotatable bonds is 2. The maximum Gasteiger partial charge on any atom is -0.0100 e. The van der Waals surface area contributed by atoms with Crippen molar-refractivity contribution in [3.05, 3.63) is 83.4 Å². The highest BCUT2D eigenvalue weighted by atomic mass is 14.4. The number of hydrogen-bond acceptors (Lipinski definition) is 0. The molecule has 0 N–H and O–H groups in total. The Bertz CT molecular complexity index is 1060. The topological polar surface area (TPSA) is 0 Å². The van der Waals surface area contributed by atoms with Gasteiger partial charge in [0.15, 0.2) is 0 Å². The largest absolute Gasteiger partial charge is 0.0622 e. The molecule has 3 aromatic rings. The average molecular weight is 397 g/mol. The van der Waals surface area contributed by atoms with Gasteiger partial charge in [-0.15, -0.1) is 0 Å². The van der Waals surface area contributed by atoms with Crippen molar-refractivity contribution in [1.29, 1.82) is 0 Å². The normalized spacial score (nSPS) is 17.4. The van der Waals surface area contributed by atoms with E-state index in [-0.39, 0.29) is 16.2 Å². The van der Waals surface area contributed by atoms with Crippen LogP contribution in [0.1, 0.15) is 78.0 Å². The Labute approximate surface area is 183 Å². The molecular formula is C30H36. The van der Waals surface area contributed by atoms with Crippen LogP contribution in [0, 0.1) is 0 Å². The Kier molecular flexibility index (Phi) is 4.96. The van der Waals surface area contributed by atoms with Gasteiger partial charge in [-0.3, -0.25) is 0 Å². The minimum atomic E-state index is 0.106. The monoisotopic (exact) mass is 396 g/mol. The zero-order valence-electron chi connectivity index (χ0n) is 19.8. The highest BCUT2D eigenvalue weighted by Crippen LogP contribution is 2.47. The molecule has 0 amide bonds. The molecule has 0 saturated heterocycles. The van der Waals surface area contributed by atoms with Crippen molar-refractivity contribution in [3.8, 4) is 22.3 Å². The van der Waals surface area contributed by atoms with Crippen molar-refractivity contribution in [2.75, 3.05) is 0 Å². The molecule has 0 heterocycles. The van der Waals surface area contributed by atoms with Gasteiger partial charge in [-0.25, -0.2) is 0 Å². The Morgan fingerprint density at radius 3 is 1.73 bits per heavy atom. The quantitative estimate of drug-likeness (QED) is 0.406. The average Bonchev–Trinajstić information content (AvgIpc) is 2.71. The first-order chi connectivity index (χ1) is 14.0. The van der Waals surface area contributed by atoms with Crippen LogP contribution < -0.4 is 0 Å². The molecule has 0 saturated carbocycles. The molecule has 0 atom stereocenters. The van der Waals surface area contributed by atoms with Gasteiger partial charge in [0.05, 0.1) is 0 Å². The van der Waals surface area contributed by atoms with Crippen LogP contribution in [0.25, 0.3) is 22.3 Å². The lowest BCUT2D eigenvalue weighted by molar-refractivity contribution is 0.332. The lowest BCUT2D eigenvalue weighted by atomic mass is 9.63. The van der Waals surface area contributed by atoms with Crippen LogP contribution in [0.15, 0.2) is 66.7 Å². The Morgan fingerprint density at radius 1 is 0.567 bits per heavy atom. The van der Waals surface area contributed by atoms with E-state index in [2.05, 4.69) is 115 Å². The molecule has 0 heteroatoms.